The third-order valence-electron chi connectivity index (χ3n) is 3.10. The number of carbonyl (C=O) groups excluding carboxylic acids is 1. The van der Waals surface area contributed by atoms with Crippen molar-refractivity contribution in [2.45, 2.75) is 12.5 Å². The number of hydrogen-bond donors (Lipinski definition) is 2. The van der Waals surface area contributed by atoms with Gasteiger partial charge in [-0.3, -0.25) is 9.59 Å². The zero-order valence-corrected chi connectivity index (χ0v) is 13.0. The molecule has 0 fully saturated rings. The van der Waals surface area contributed by atoms with Crippen LogP contribution >= 0.6 is 11.6 Å². The highest BCUT2D eigenvalue weighted by Crippen LogP contribution is 2.19. The lowest BCUT2D eigenvalue weighted by Gasteiger charge is -2.17. The molecule has 5 nitrogen and oxygen atoms in total. The molecular weight excluding hydrogens is 318 g/mol. The van der Waals surface area contributed by atoms with Crippen molar-refractivity contribution >= 4 is 23.5 Å². The van der Waals surface area contributed by atoms with E-state index in [1.807, 2.05) is 6.07 Å². The number of carboxylic acids is 1. The Bertz CT molecular complexity index is 658. The van der Waals surface area contributed by atoms with Gasteiger partial charge in [0.05, 0.1) is 12.5 Å². The van der Waals surface area contributed by atoms with Gasteiger partial charge in [-0.1, -0.05) is 41.9 Å². The molecule has 0 aliphatic heterocycles. The Balaban J connectivity index is 1.98. The van der Waals surface area contributed by atoms with Gasteiger partial charge in [-0.25, -0.2) is 0 Å². The van der Waals surface area contributed by atoms with Crippen molar-refractivity contribution in [1.29, 1.82) is 0 Å². The normalized spacial score (nSPS) is 11.5. The minimum absolute atomic E-state index is 0.187. The first-order chi connectivity index (χ1) is 11.0. The lowest BCUT2D eigenvalue weighted by molar-refractivity contribution is -0.137. The van der Waals surface area contributed by atoms with Gasteiger partial charge < -0.3 is 15.2 Å². The largest absolute Gasteiger partial charge is 0.484 e. The van der Waals surface area contributed by atoms with E-state index >= 15 is 0 Å². The highest BCUT2D eigenvalue weighted by atomic mass is 35.5. The number of carboxylic acid groups (broad SMARTS) is 1. The summed E-state index contributed by atoms with van der Waals surface area (Å²) < 4.78 is 5.35. The maximum absolute atomic E-state index is 12.0. The molecule has 0 aliphatic rings. The minimum Gasteiger partial charge on any atom is -0.484 e. The maximum Gasteiger partial charge on any atom is 0.305 e. The molecule has 0 heterocycles. The van der Waals surface area contributed by atoms with E-state index in [1.165, 1.54) is 0 Å². The van der Waals surface area contributed by atoms with E-state index in [9.17, 15) is 9.59 Å². The number of halogens is 1. The monoisotopic (exact) mass is 333 g/mol. The predicted octanol–water partition coefficient (Wildman–Crippen LogP) is 3.05. The fourth-order valence-corrected chi connectivity index (χ4v) is 2.15. The van der Waals surface area contributed by atoms with Crippen LogP contribution in [0, 0.1) is 0 Å². The molecule has 0 radical (unpaired) electrons. The van der Waals surface area contributed by atoms with E-state index < -0.39 is 17.9 Å². The number of amides is 1. The molecule has 1 amide bonds. The summed E-state index contributed by atoms with van der Waals surface area (Å²) in [6, 6.07) is 15.0. The van der Waals surface area contributed by atoms with Gasteiger partial charge in [-0.05, 0) is 29.8 Å². The third-order valence-corrected chi connectivity index (χ3v) is 3.35. The van der Waals surface area contributed by atoms with Gasteiger partial charge in [-0.15, -0.1) is 0 Å². The number of rotatable bonds is 7. The van der Waals surface area contributed by atoms with Crippen LogP contribution in [-0.2, 0) is 9.59 Å². The average Bonchev–Trinajstić information content (AvgIpc) is 2.53. The number of carbonyl (C=O) groups is 2. The number of aliphatic carboxylic acids is 1. The fourth-order valence-electron chi connectivity index (χ4n) is 2.02. The molecule has 0 saturated carbocycles. The van der Waals surface area contributed by atoms with Gasteiger partial charge in [0.15, 0.2) is 6.61 Å². The van der Waals surface area contributed by atoms with Crippen LogP contribution in [0.4, 0.5) is 0 Å². The van der Waals surface area contributed by atoms with Crippen LogP contribution in [0.2, 0.25) is 5.02 Å². The molecule has 0 bridgehead atoms. The van der Waals surface area contributed by atoms with Crippen molar-refractivity contribution in [3.63, 3.8) is 0 Å². The zero-order chi connectivity index (χ0) is 16.7. The molecule has 2 rings (SSSR count). The summed E-state index contributed by atoms with van der Waals surface area (Å²) in [5.74, 6) is -0.826. The van der Waals surface area contributed by atoms with Gasteiger partial charge in [0.1, 0.15) is 5.75 Å². The third kappa shape index (κ3) is 5.64. The lowest BCUT2D eigenvalue weighted by Crippen LogP contribution is -2.33. The van der Waals surface area contributed by atoms with Crippen molar-refractivity contribution in [3.8, 4) is 5.75 Å². The molecule has 6 heteroatoms. The lowest BCUT2D eigenvalue weighted by atomic mass is 10.0. The van der Waals surface area contributed by atoms with Crippen LogP contribution in [0.15, 0.2) is 54.6 Å². The molecule has 0 aliphatic carbocycles. The van der Waals surface area contributed by atoms with E-state index in [1.54, 1.807) is 48.5 Å². The molecule has 2 N–H and O–H groups in total. The van der Waals surface area contributed by atoms with Crippen LogP contribution in [-0.4, -0.2) is 23.6 Å². The predicted molar refractivity (Wildman–Crippen MR) is 86.5 cm³/mol. The maximum atomic E-state index is 12.0. The molecule has 0 aromatic heterocycles. The SMILES string of the molecule is O=C(O)C[C@@H](NC(=O)COc1ccccc1)c1ccc(Cl)cc1. The van der Waals surface area contributed by atoms with E-state index in [2.05, 4.69) is 5.32 Å². The van der Waals surface area contributed by atoms with Gasteiger partial charge in [0, 0.05) is 5.02 Å². The smallest absolute Gasteiger partial charge is 0.305 e. The van der Waals surface area contributed by atoms with Crippen molar-refractivity contribution in [1.82, 2.24) is 5.32 Å². The van der Waals surface area contributed by atoms with Crippen molar-refractivity contribution < 1.29 is 19.4 Å². The van der Waals surface area contributed by atoms with Gasteiger partial charge in [0.2, 0.25) is 0 Å². The first-order valence-electron chi connectivity index (χ1n) is 6.99. The van der Waals surface area contributed by atoms with Crippen LogP contribution in [0.25, 0.3) is 0 Å². The topological polar surface area (TPSA) is 75.6 Å². The molecular formula is C17H16ClNO4. The molecule has 2 aromatic carbocycles. The van der Waals surface area contributed by atoms with E-state index in [4.69, 9.17) is 21.4 Å². The Labute approximate surface area is 138 Å². The highest BCUT2D eigenvalue weighted by Gasteiger charge is 2.18. The fraction of sp³-hybridized carbons (Fsp3) is 0.176. The first-order valence-corrected chi connectivity index (χ1v) is 7.37. The molecule has 120 valence electrons. The van der Waals surface area contributed by atoms with Gasteiger partial charge in [-0.2, -0.15) is 0 Å². The second-order valence-corrected chi connectivity index (χ2v) is 5.31. The summed E-state index contributed by atoms with van der Waals surface area (Å²) in [4.78, 5) is 23.0. The second kappa shape index (κ2) is 8.19. The summed E-state index contributed by atoms with van der Waals surface area (Å²) in [5, 5.41) is 12.2. The molecule has 0 unspecified atom stereocenters. The Hall–Kier alpha value is -2.53. The quantitative estimate of drug-likeness (QED) is 0.816. The zero-order valence-electron chi connectivity index (χ0n) is 12.2. The van der Waals surface area contributed by atoms with Crippen LogP contribution in [0.3, 0.4) is 0 Å². The minimum atomic E-state index is -1.01. The van der Waals surface area contributed by atoms with Crippen LogP contribution in [0.5, 0.6) is 5.75 Å². The van der Waals surface area contributed by atoms with Crippen molar-refractivity contribution in [3.05, 3.63) is 65.2 Å². The Morgan fingerprint density at radius 3 is 2.35 bits per heavy atom. The average molecular weight is 334 g/mol. The van der Waals surface area contributed by atoms with Crippen LogP contribution < -0.4 is 10.1 Å². The summed E-state index contributed by atoms with van der Waals surface area (Å²) in [7, 11) is 0. The summed E-state index contributed by atoms with van der Waals surface area (Å²) >= 11 is 5.82. The van der Waals surface area contributed by atoms with E-state index in [-0.39, 0.29) is 13.0 Å². The number of hydrogen-bond acceptors (Lipinski definition) is 3. The summed E-state index contributed by atoms with van der Waals surface area (Å²) in [6.45, 7) is -0.187. The summed E-state index contributed by atoms with van der Waals surface area (Å²) in [5.41, 5.74) is 0.671. The Kier molecular flexibility index (Phi) is 6.00. The molecule has 2 aromatic rings. The van der Waals surface area contributed by atoms with Gasteiger partial charge >= 0.3 is 5.97 Å². The van der Waals surface area contributed by atoms with E-state index in [0.29, 0.717) is 16.3 Å². The summed E-state index contributed by atoms with van der Waals surface area (Å²) in [6.07, 6.45) is -0.224. The number of ether oxygens (including phenoxy) is 1. The number of para-hydroxylation sites is 1. The number of nitrogens with one attached hydrogen (secondary N) is 1. The Morgan fingerprint density at radius 2 is 1.74 bits per heavy atom. The molecule has 23 heavy (non-hydrogen) atoms. The van der Waals surface area contributed by atoms with Crippen molar-refractivity contribution in [2.24, 2.45) is 0 Å². The molecule has 0 spiro atoms. The second-order valence-electron chi connectivity index (χ2n) is 4.87. The molecule has 1 atom stereocenters. The Morgan fingerprint density at radius 1 is 1.09 bits per heavy atom. The first kappa shape index (κ1) is 16.8. The van der Waals surface area contributed by atoms with Gasteiger partial charge in [0.25, 0.3) is 5.91 Å². The van der Waals surface area contributed by atoms with Crippen LogP contribution in [0.1, 0.15) is 18.0 Å². The van der Waals surface area contributed by atoms with E-state index in [0.717, 1.165) is 0 Å². The standard InChI is InChI=1S/C17H16ClNO4/c18-13-8-6-12(7-9-13)15(10-17(21)22)19-16(20)11-23-14-4-2-1-3-5-14/h1-9,15H,10-11H2,(H,19,20)(H,21,22)/t15-/m1/s1. The van der Waals surface area contributed by atoms with Crippen molar-refractivity contribution in [2.75, 3.05) is 6.61 Å². The highest BCUT2D eigenvalue weighted by molar-refractivity contribution is 6.30. The molecule has 0 saturated heterocycles. The number of benzene rings is 2.